The minimum absolute atomic E-state index is 0.638. The van der Waals surface area contributed by atoms with Gasteiger partial charge in [0.15, 0.2) is 0 Å². The number of nitrogens with zero attached hydrogens (tertiary/aromatic N) is 1. The van der Waals surface area contributed by atoms with Crippen molar-refractivity contribution in [1.82, 2.24) is 10.3 Å². The number of fused-ring (bicyclic) bond motifs is 1. The van der Waals surface area contributed by atoms with Gasteiger partial charge >= 0.3 is 0 Å². The average Bonchev–Trinajstić information content (AvgIpc) is 2.88. The van der Waals surface area contributed by atoms with Crippen molar-refractivity contribution in [3.05, 3.63) is 29.6 Å². The van der Waals surface area contributed by atoms with Gasteiger partial charge in [0, 0.05) is 23.9 Å². The van der Waals surface area contributed by atoms with E-state index in [9.17, 15) is 0 Å². The van der Waals surface area contributed by atoms with Crippen LogP contribution in [0.25, 0.3) is 0 Å². The van der Waals surface area contributed by atoms with E-state index in [2.05, 4.69) is 31.3 Å². The third-order valence-corrected chi connectivity index (χ3v) is 5.36. The number of nitrogens with one attached hydrogen (secondary N) is 1. The van der Waals surface area contributed by atoms with Crippen molar-refractivity contribution in [2.75, 3.05) is 6.54 Å². The Labute approximate surface area is 123 Å². The second kappa shape index (κ2) is 6.26. The molecule has 110 valence electrons. The molecule has 0 bridgehead atoms. The van der Waals surface area contributed by atoms with Crippen molar-refractivity contribution in [3.8, 4) is 0 Å². The minimum Gasteiger partial charge on any atom is -0.313 e. The van der Waals surface area contributed by atoms with Crippen LogP contribution in [0.3, 0.4) is 0 Å². The van der Waals surface area contributed by atoms with E-state index < -0.39 is 0 Å². The number of likely N-dealkylation sites (N-methyl/N-ethyl adjacent to an activating group) is 1. The highest BCUT2D eigenvalue weighted by atomic mass is 14.9. The van der Waals surface area contributed by atoms with Crippen LogP contribution >= 0.6 is 0 Å². The SMILES string of the molecule is CCNC(C1CCCC(C)C1)C1CCc2cccnc21. The van der Waals surface area contributed by atoms with Crippen molar-refractivity contribution >= 4 is 0 Å². The summed E-state index contributed by atoms with van der Waals surface area (Å²) in [6.45, 7) is 5.75. The van der Waals surface area contributed by atoms with Crippen molar-refractivity contribution < 1.29 is 0 Å². The molecule has 2 aliphatic rings. The Hall–Kier alpha value is -0.890. The quantitative estimate of drug-likeness (QED) is 0.898. The Bertz CT molecular complexity index is 443. The fourth-order valence-electron chi connectivity index (χ4n) is 4.47. The van der Waals surface area contributed by atoms with Gasteiger partial charge in [-0.3, -0.25) is 4.98 Å². The molecule has 1 aromatic rings. The summed E-state index contributed by atoms with van der Waals surface area (Å²) in [6, 6.07) is 5.00. The van der Waals surface area contributed by atoms with E-state index in [1.807, 2.05) is 6.20 Å². The molecule has 2 nitrogen and oxygen atoms in total. The van der Waals surface area contributed by atoms with Gasteiger partial charge in [0.2, 0.25) is 0 Å². The molecule has 3 rings (SSSR count). The van der Waals surface area contributed by atoms with Crippen molar-refractivity contribution in [1.29, 1.82) is 0 Å². The van der Waals surface area contributed by atoms with Crippen molar-refractivity contribution in [3.63, 3.8) is 0 Å². The van der Waals surface area contributed by atoms with Crippen LogP contribution in [0.1, 0.15) is 63.1 Å². The predicted molar refractivity (Wildman–Crippen MR) is 83.9 cm³/mol. The lowest BCUT2D eigenvalue weighted by molar-refractivity contribution is 0.201. The molecule has 2 aliphatic carbocycles. The van der Waals surface area contributed by atoms with Gasteiger partial charge in [-0.05, 0) is 55.7 Å². The second-order valence-corrected chi connectivity index (χ2v) is 6.81. The zero-order chi connectivity index (χ0) is 13.9. The van der Waals surface area contributed by atoms with Gasteiger partial charge in [-0.1, -0.05) is 32.8 Å². The molecule has 0 spiro atoms. The van der Waals surface area contributed by atoms with Crippen molar-refractivity contribution in [2.24, 2.45) is 11.8 Å². The molecule has 0 aromatic carbocycles. The number of hydrogen-bond donors (Lipinski definition) is 1. The highest BCUT2D eigenvalue weighted by Crippen LogP contribution is 2.41. The number of pyridine rings is 1. The summed E-state index contributed by atoms with van der Waals surface area (Å²) in [5.74, 6) is 2.39. The zero-order valence-corrected chi connectivity index (χ0v) is 12.9. The van der Waals surface area contributed by atoms with Crippen LogP contribution in [0.4, 0.5) is 0 Å². The van der Waals surface area contributed by atoms with Crippen LogP contribution < -0.4 is 5.32 Å². The van der Waals surface area contributed by atoms with Crippen LogP contribution in [-0.4, -0.2) is 17.6 Å². The first-order valence-electron chi connectivity index (χ1n) is 8.46. The van der Waals surface area contributed by atoms with Crippen LogP contribution in [0.5, 0.6) is 0 Å². The number of rotatable bonds is 4. The van der Waals surface area contributed by atoms with Crippen molar-refractivity contribution in [2.45, 2.75) is 64.3 Å². The third kappa shape index (κ3) is 2.76. The molecule has 0 radical (unpaired) electrons. The van der Waals surface area contributed by atoms with E-state index in [0.29, 0.717) is 12.0 Å². The zero-order valence-electron chi connectivity index (χ0n) is 12.9. The maximum atomic E-state index is 4.72. The lowest BCUT2D eigenvalue weighted by Crippen LogP contribution is -2.42. The lowest BCUT2D eigenvalue weighted by atomic mass is 9.74. The van der Waals surface area contributed by atoms with Crippen LogP contribution in [0, 0.1) is 11.8 Å². The van der Waals surface area contributed by atoms with E-state index in [1.54, 1.807) is 0 Å². The fraction of sp³-hybridized carbons (Fsp3) is 0.722. The van der Waals surface area contributed by atoms with E-state index in [4.69, 9.17) is 4.98 Å². The molecule has 1 heterocycles. The Morgan fingerprint density at radius 2 is 2.25 bits per heavy atom. The molecule has 4 unspecified atom stereocenters. The van der Waals surface area contributed by atoms with Gasteiger partial charge in [0.05, 0.1) is 0 Å². The van der Waals surface area contributed by atoms with Crippen LogP contribution in [0.2, 0.25) is 0 Å². The summed E-state index contributed by atoms with van der Waals surface area (Å²) in [6.07, 6.45) is 10.1. The molecule has 0 saturated heterocycles. The van der Waals surface area contributed by atoms with E-state index in [0.717, 1.165) is 18.4 Å². The minimum atomic E-state index is 0.638. The summed E-state index contributed by atoms with van der Waals surface area (Å²) >= 11 is 0. The monoisotopic (exact) mass is 272 g/mol. The molecule has 1 aromatic heterocycles. The first-order valence-corrected chi connectivity index (χ1v) is 8.46. The highest BCUT2D eigenvalue weighted by molar-refractivity contribution is 5.30. The average molecular weight is 272 g/mol. The molecular formula is C18H28N2. The molecule has 2 heteroatoms. The molecule has 1 saturated carbocycles. The second-order valence-electron chi connectivity index (χ2n) is 6.81. The maximum Gasteiger partial charge on any atom is 0.0482 e. The number of aryl methyl sites for hydroxylation is 1. The van der Waals surface area contributed by atoms with Gasteiger partial charge in [0.1, 0.15) is 0 Å². The van der Waals surface area contributed by atoms with Gasteiger partial charge in [-0.15, -0.1) is 0 Å². The summed E-state index contributed by atoms with van der Waals surface area (Å²) < 4.78 is 0. The van der Waals surface area contributed by atoms with Gasteiger partial charge in [0.25, 0.3) is 0 Å². The largest absolute Gasteiger partial charge is 0.313 e. The van der Waals surface area contributed by atoms with Gasteiger partial charge in [-0.25, -0.2) is 0 Å². The number of aromatic nitrogens is 1. The standard InChI is InChI=1S/C18H28N2/c1-3-19-18(15-7-4-6-13(2)12-15)16-10-9-14-8-5-11-20-17(14)16/h5,8,11,13,15-16,18-19H,3-4,6-7,9-10,12H2,1-2H3. The Morgan fingerprint density at radius 3 is 3.05 bits per heavy atom. The molecule has 1 N–H and O–H groups in total. The predicted octanol–water partition coefficient (Wildman–Crippen LogP) is 3.92. The Morgan fingerprint density at radius 1 is 1.35 bits per heavy atom. The molecular weight excluding hydrogens is 244 g/mol. The van der Waals surface area contributed by atoms with Gasteiger partial charge < -0.3 is 5.32 Å². The smallest absolute Gasteiger partial charge is 0.0482 e. The molecule has 20 heavy (non-hydrogen) atoms. The van der Waals surface area contributed by atoms with Crippen LogP contribution in [0.15, 0.2) is 18.3 Å². The maximum absolute atomic E-state index is 4.72. The first-order chi connectivity index (χ1) is 9.79. The summed E-state index contributed by atoms with van der Waals surface area (Å²) in [5.41, 5.74) is 2.88. The third-order valence-electron chi connectivity index (χ3n) is 5.36. The normalized spacial score (nSPS) is 31.0. The Balaban J connectivity index is 1.80. The lowest BCUT2D eigenvalue weighted by Gasteiger charge is -2.37. The first kappa shape index (κ1) is 14.1. The van der Waals surface area contributed by atoms with Gasteiger partial charge in [-0.2, -0.15) is 0 Å². The number of hydrogen-bond acceptors (Lipinski definition) is 2. The summed E-state index contributed by atoms with van der Waals surface area (Å²) in [7, 11) is 0. The van der Waals surface area contributed by atoms with E-state index in [1.165, 1.54) is 49.8 Å². The van der Waals surface area contributed by atoms with Crippen LogP contribution in [-0.2, 0) is 6.42 Å². The van der Waals surface area contributed by atoms with E-state index >= 15 is 0 Å². The molecule has 4 atom stereocenters. The molecule has 0 aliphatic heterocycles. The topological polar surface area (TPSA) is 24.9 Å². The van der Waals surface area contributed by atoms with E-state index in [-0.39, 0.29) is 0 Å². The molecule has 0 amide bonds. The summed E-state index contributed by atoms with van der Waals surface area (Å²) in [4.78, 5) is 4.72. The summed E-state index contributed by atoms with van der Waals surface area (Å²) in [5, 5.41) is 3.82. The highest BCUT2D eigenvalue weighted by Gasteiger charge is 2.36. The fourth-order valence-corrected chi connectivity index (χ4v) is 4.47. The molecule has 1 fully saturated rings. The Kier molecular flexibility index (Phi) is 4.40.